The number of nitrogens with one attached hydrogen (secondary N) is 1. The Bertz CT molecular complexity index is 1030. The van der Waals surface area contributed by atoms with E-state index in [4.69, 9.17) is 4.74 Å². The number of aryl methyl sites for hydroxylation is 1. The molecule has 9 heteroatoms. The molecule has 2 aromatic heterocycles. The van der Waals surface area contributed by atoms with Gasteiger partial charge in [-0.1, -0.05) is 0 Å². The van der Waals surface area contributed by atoms with Crippen LogP contribution in [0.3, 0.4) is 0 Å². The number of hydrogen-bond acceptors (Lipinski definition) is 5. The molecule has 2 aliphatic rings. The van der Waals surface area contributed by atoms with Crippen molar-refractivity contribution in [1.29, 1.82) is 0 Å². The van der Waals surface area contributed by atoms with Crippen molar-refractivity contribution in [2.45, 2.75) is 45.8 Å². The van der Waals surface area contributed by atoms with Gasteiger partial charge in [0.05, 0.1) is 18.6 Å². The summed E-state index contributed by atoms with van der Waals surface area (Å²) in [5, 5.41) is 2.80. The minimum atomic E-state index is -0.393. The van der Waals surface area contributed by atoms with Crippen LogP contribution < -0.4 is 10.9 Å². The summed E-state index contributed by atoms with van der Waals surface area (Å²) in [6, 6.07) is 3.47. The number of ether oxygens (including phenoxy) is 1. The summed E-state index contributed by atoms with van der Waals surface area (Å²) in [6.45, 7) is 7.28. The molecule has 2 aromatic rings. The lowest BCUT2D eigenvalue weighted by molar-refractivity contribution is -0.138. The number of piperidine rings is 1. The van der Waals surface area contributed by atoms with Gasteiger partial charge in [-0.05, 0) is 38.3 Å². The van der Waals surface area contributed by atoms with Gasteiger partial charge in [0, 0.05) is 50.6 Å². The second kappa shape index (κ2) is 9.05. The second-order valence-electron chi connectivity index (χ2n) is 8.20. The van der Waals surface area contributed by atoms with E-state index in [2.05, 4.69) is 10.3 Å². The van der Waals surface area contributed by atoms with Crippen LogP contribution in [0.5, 0.6) is 0 Å². The highest BCUT2D eigenvalue weighted by atomic mass is 16.5. The van der Waals surface area contributed by atoms with E-state index < -0.39 is 5.91 Å². The second-order valence-corrected chi connectivity index (χ2v) is 8.20. The zero-order chi connectivity index (χ0) is 22.0. The standard InChI is InChI=1S/C22H29N5O4/c1-3-25-12-17(24-14-25)8-23-21(29)18-5-6-19-16-7-15(10-27(19)22(18)30)9-26(11-16)20(28)13-31-4-2/h5-6,12,14-16H,3-4,7-11,13H2,1-2H3,(H,23,29)/t15-,16+/m0/s1. The first-order valence-electron chi connectivity index (χ1n) is 10.9. The molecule has 2 aliphatic heterocycles. The molecule has 4 heterocycles. The predicted octanol–water partition coefficient (Wildman–Crippen LogP) is 0.977. The number of likely N-dealkylation sites (tertiary alicyclic amines) is 1. The number of imidazole rings is 1. The van der Waals surface area contributed by atoms with Gasteiger partial charge in [-0.15, -0.1) is 0 Å². The zero-order valence-corrected chi connectivity index (χ0v) is 18.0. The van der Waals surface area contributed by atoms with Crippen LogP contribution in [0.1, 0.15) is 47.9 Å². The summed E-state index contributed by atoms with van der Waals surface area (Å²) in [5.41, 5.74) is 1.52. The summed E-state index contributed by atoms with van der Waals surface area (Å²) in [6.07, 6.45) is 4.54. The molecule has 1 saturated heterocycles. The summed E-state index contributed by atoms with van der Waals surface area (Å²) in [5.74, 6) is -0.101. The lowest BCUT2D eigenvalue weighted by Crippen LogP contribution is -2.50. The Kier molecular flexibility index (Phi) is 6.22. The number of fused-ring (bicyclic) bond motifs is 4. The molecule has 2 atom stereocenters. The van der Waals surface area contributed by atoms with E-state index in [0.717, 1.165) is 24.4 Å². The molecule has 4 rings (SSSR count). The molecule has 1 fully saturated rings. The van der Waals surface area contributed by atoms with Crippen LogP contribution >= 0.6 is 0 Å². The number of carbonyl (C=O) groups excluding carboxylic acids is 2. The number of nitrogens with zero attached hydrogens (tertiary/aromatic N) is 4. The quantitative estimate of drug-likeness (QED) is 0.710. The van der Waals surface area contributed by atoms with Crippen LogP contribution in [0.4, 0.5) is 0 Å². The van der Waals surface area contributed by atoms with Crippen molar-refractivity contribution in [3.63, 3.8) is 0 Å². The molecule has 0 radical (unpaired) electrons. The first-order chi connectivity index (χ1) is 15.0. The molecule has 1 N–H and O–H groups in total. The Hall–Kier alpha value is -2.94. The fraction of sp³-hybridized carbons (Fsp3) is 0.545. The number of pyridine rings is 1. The molecule has 0 aliphatic carbocycles. The molecular formula is C22H29N5O4. The minimum absolute atomic E-state index is 0.00569. The zero-order valence-electron chi connectivity index (χ0n) is 18.0. The van der Waals surface area contributed by atoms with Crippen molar-refractivity contribution >= 4 is 11.8 Å². The summed E-state index contributed by atoms with van der Waals surface area (Å²) in [4.78, 5) is 44.2. The third-order valence-electron chi connectivity index (χ3n) is 6.11. The van der Waals surface area contributed by atoms with Crippen LogP contribution in [0.25, 0.3) is 0 Å². The SMILES string of the molecule is CCOCC(=O)N1C[C@@H]2C[C@H](C1)c1ccc(C(=O)NCc3cn(CC)cn3)c(=O)n1C2. The van der Waals surface area contributed by atoms with Gasteiger partial charge in [0.1, 0.15) is 12.2 Å². The molecule has 0 spiro atoms. The van der Waals surface area contributed by atoms with Gasteiger partial charge in [-0.3, -0.25) is 14.4 Å². The molecule has 2 amide bonds. The van der Waals surface area contributed by atoms with Gasteiger partial charge >= 0.3 is 0 Å². The summed E-state index contributed by atoms with van der Waals surface area (Å²) in [7, 11) is 0. The first kappa shape index (κ1) is 21.3. The predicted molar refractivity (Wildman–Crippen MR) is 114 cm³/mol. The van der Waals surface area contributed by atoms with E-state index in [0.29, 0.717) is 26.2 Å². The number of aromatic nitrogens is 3. The molecule has 9 nitrogen and oxygen atoms in total. The third kappa shape index (κ3) is 4.41. The Morgan fingerprint density at radius 1 is 1.23 bits per heavy atom. The lowest BCUT2D eigenvalue weighted by atomic mass is 9.83. The molecule has 31 heavy (non-hydrogen) atoms. The maximum atomic E-state index is 13.1. The lowest BCUT2D eigenvalue weighted by Gasteiger charge is -2.42. The number of rotatable bonds is 7. The number of carbonyl (C=O) groups is 2. The van der Waals surface area contributed by atoms with E-state index in [1.807, 2.05) is 35.6 Å². The highest BCUT2D eigenvalue weighted by Gasteiger charge is 2.36. The van der Waals surface area contributed by atoms with E-state index in [-0.39, 0.29) is 42.0 Å². The third-order valence-corrected chi connectivity index (χ3v) is 6.11. The Morgan fingerprint density at radius 2 is 2.06 bits per heavy atom. The van der Waals surface area contributed by atoms with Crippen molar-refractivity contribution in [2.75, 3.05) is 26.3 Å². The highest BCUT2D eigenvalue weighted by Crippen LogP contribution is 2.35. The maximum absolute atomic E-state index is 13.1. The van der Waals surface area contributed by atoms with Gasteiger partial charge in [0.2, 0.25) is 5.91 Å². The van der Waals surface area contributed by atoms with Gasteiger partial charge in [0.15, 0.2) is 0 Å². The monoisotopic (exact) mass is 427 g/mol. The Balaban J connectivity index is 1.47. The Morgan fingerprint density at radius 3 is 2.81 bits per heavy atom. The van der Waals surface area contributed by atoms with Crippen LogP contribution in [0, 0.1) is 5.92 Å². The molecule has 166 valence electrons. The molecule has 2 bridgehead atoms. The minimum Gasteiger partial charge on any atom is -0.372 e. The van der Waals surface area contributed by atoms with E-state index in [1.165, 1.54) is 0 Å². The van der Waals surface area contributed by atoms with E-state index in [1.54, 1.807) is 17.0 Å². The normalized spacial score (nSPS) is 19.7. The van der Waals surface area contributed by atoms with Crippen LogP contribution in [0.15, 0.2) is 29.5 Å². The summed E-state index contributed by atoms with van der Waals surface area (Å²) >= 11 is 0. The fourth-order valence-electron chi connectivity index (χ4n) is 4.54. The van der Waals surface area contributed by atoms with Crippen molar-refractivity contribution < 1.29 is 14.3 Å². The van der Waals surface area contributed by atoms with Crippen molar-refractivity contribution in [2.24, 2.45) is 5.92 Å². The highest BCUT2D eigenvalue weighted by molar-refractivity contribution is 5.93. The van der Waals surface area contributed by atoms with Crippen LogP contribution in [-0.2, 0) is 29.2 Å². The van der Waals surface area contributed by atoms with Crippen LogP contribution in [-0.4, -0.2) is 57.1 Å². The van der Waals surface area contributed by atoms with Gasteiger partial charge in [-0.25, -0.2) is 4.98 Å². The smallest absolute Gasteiger partial charge is 0.263 e. The summed E-state index contributed by atoms with van der Waals surface area (Å²) < 4.78 is 8.92. The fourth-order valence-corrected chi connectivity index (χ4v) is 4.54. The van der Waals surface area contributed by atoms with E-state index in [9.17, 15) is 14.4 Å². The molecular weight excluding hydrogens is 398 g/mol. The molecule has 0 aromatic carbocycles. The van der Waals surface area contributed by atoms with Gasteiger partial charge in [0.25, 0.3) is 11.5 Å². The largest absolute Gasteiger partial charge is 0.372 e. The number of hydrogen-bond donors (Lipinski definition) is 1. The van der Waals surface area contributed by atoms with Crippen molar-refractivity contribution in [1.82, 2.24) is 24.3 Å². The van der Waals surface area contributed by atoms with Gasteiger partial charge < -0.3 is 24.1 Å². The average molecular weight is 428 g/mol. The molecule has 0 saturated carbocycles. The Labute approximate surface area is 181 Å². The first-order valence-corrected chi connectivity index (χ1v) is 10.9. The topological polar surface area (TPSA) is 98.5 Å². The van der Waals surface area contributed by atoms with Gasteiger partial charge in [-0.2, -0.15) is 0 Å². The van der Waals surface area contributed by atoms with Crippen molar-refractivity contribution in [3.05, 3.63) is 52.0 Å². The van der Waals surface area contributed by atoms with Crippen molar-refractivity contribution in [3.8, 4) is 0 Å². The maximum Gasteiger partial charge on any atom is 0.263 e. The molecule has 0 unspecified atom stereocenters. The van der Waals surface area contributed by atoms with E-state index >= 15 is 0 Å². The van der Waals surface area contributed by atoms with Crippen LogP contribution in [0.2, 0.25) is 0 Å². The number of amides is 2. The average Bonchev–Trinajstić information content (AvgIpc) is 3.24.